The van der Waals surface area contributed by atoms with Gasteiger partial charge in [0.15, 0.2) is 5.16 Å². The fourth-order valence-corrected chi connectivity index (χ4v) is 4.74. The number of hydrogen-bond donors (Lipinski definition) is 1. The van der Waals surface area contributed by atoms with Gasteiger partial charge in [-0.25, -0.2) is 14.4 Å². The molecule has 0 radical (unpaired) electrons. The van der Waals surface area contributed by atoms with E-state index in [1.807, 2.05) is 38.4 Å². The molecule has 3 aromatic carbocycles. The van der Waals surface area contributed by atoms with Crippen molar-refractivity contribution in [3.63, 3.8) is 0 Å². The number of nitrogens with zero attached hydrogens (tertiary/aromatic N) is 4. The third-order valence-electron chi connectivity index (χ3n) is 5.70. The number of halogens is 2. The van der Waals surface area contributed by atoms with Gasteiger partial charge in [0.05, 0.1) is 5.69 Å². The van der Waals surface area contributed by atoms with Crippen molar-refractivity contribution in [2.75, 3.05) is 37.4 Å². The molecule has 196 valence electrons. The van der Waals surface area contributed by atoms with E-state index in [-0.39, 0.29) is 11.6 Å². The average molecular weight is 550 g/mol. The molecule has 0 unspecified atom stereocenters. The standard InChI is InChI=1S/C29H29ClFN5OS/c1-35(2)15-16-36(19-21-9-4-3-5-10-21)27-18-26(30)33-29(34-27)38-20-22-11-8-12-23(17-22)28(37)32-25-14-7-6-13-24(25)31/h3-14,17-18H,15-16,19-20H2,1-2H3,(H,32,37). The van der Waals surface area contributed by atoms with Gasteiger partial charge in [0.2, 0.25) is 0 Å². The highest BCUT2D eigenvalue weighted by molar-refractivity contribution is 7.98. The van der Waals surface area contributed by atoms with Crippen LogP contribution in [0.15, 0.2) is 90.1 Å². The van der Waals surface area contributed by atoms with Gasteiger partial charge in [0.25, 0.3) is 5.91 Å². The highest BCUT2D eigenvalue weighted by atomic mass is 35.5. The van der Waals surface area contributed by atoms with Crippen LogP contribution in [0.3, 0.4) is 0 Å². The summed E-state index contributed by atoms with van der Waals surface area (Å²) in [4.78, 5) is 26.2. The minimum absolute atomic E-state index is 0.145. The number of likely N-dealkylation sites (N-methyl/N-ethyl adjacent to an activating group) is 1. The molecule has 4 rings (SSSR count). The van der Waals surface area contributed by atoms with E-state index >= 15 is 0 Å². The fraction of sp³-hybridized carbons (Fsp3) is 0.207. The summed E-state index contributed by atoms with van der Waals surface area (Å²) in [6.07, 6.45) is 0. The highest BCUT2D eigenvalue weighted by Gasteiger charge is 2.14. The van der Waals surface area contributed by atoms with E-state index in [0.29, 0.717) is 28.2 Å². The monoisotopic (exact) mass is 549 g/mol. The van der Waals surface area contributed by atoms with Gasteiger partial charge < -0.3 is 15.1 Å². The van der Waals surface area contributed by atoms with Crippen molar-refractivity contribution in [1.29, 1.82) is 0 Å². The Morgan fingerprint density at radius 3 is 2.42 bits per heavy atom. The Morgan fingerprint density at radius 1 is 0.921 bits per heavy atom. The Bertz CT molecular complexity index is 1370. The summed E-state index contributed by atoms with van der Waals surface area (Å²) in [7, 11) is 4.08. The molecule has 1 aromatic heterocycles. The SMILES string of the molecule is CN(C)CCN(Cc1ccccc1)c1cc(Cl)nc(SCc2cccc(C(=O)Nc3ccccc3F)c2)n1. The van der Waals surface area contributed by atoms with Crippen molar-refractivity contribution < 1.29 is 9.18 Å². The van der Waals surface area contributed by atoms with Gasteiger partial charge >= 0.3 is 0 Å². The number of carbonyl (C=O) groups is 1. The third-order valence-corrected chi connectivity index (χ3v) is 6.81. The Labute approximate surface area is 231 Å². The van der Waals surface area contributed by atoms with Crippen LogP contribution in [0.5, 0.6) is 0 Å². The lowest BCUT2D eigenvalue weighted by Gasteiger charge is -2.26. The minimum atomic E-state index is -0.478. The lowest BCUT2D eigenvalue weighted by molar-refractivity contribution is 0.102. The van der Waals surface area contributed by atoms with Crippen LogP contribution in [-0.4, -0.2) is 48.0 Å². The van der Waals surface area contributed by atoms with E-state index in [1.165, 1.54) is 29.5 Å². The van der Waals surface area contributed by atoms with Crippen LogP contribution >= 0.6 is 23.4 Å². The predicted molar refractivity (Wildman–Crippen MR) is 153 cm³/mol. The van der Waals surface area contributed by atoms with Gasteiger partial charge in [-0.1, -0.05) is 78.0 Å². The number of rotatable bonds is 11. The number of para-hydroxylation sites is 1. The molecule has 38 heavy (non-hydrogen) atoms. The van der Waals surface area contributed by atoms with Crippen LogP contribution in [-0.2, 0) is 12.3 Å². The number of thioether (sulfide) groups is 1. The molecule has 0 aliphatic rings. The third kappa shape index (κ3) is 8.02. The van der Waals surface area contributed by atoms with Crippen molar-refractivity contribution in [2.45, 2.75) is 17.5 Å². The van der Waals surface area contributed by atoms with Crippen molar-refractivity contribution in [3.05, 3.63) is 113 Å². The predicted octanol–water partition coefficient (Wildman–Crippen LogP) is 6.38. The van der Waals surface area contributed by atoms with E-state index in [4.69, 9.17) is 16.6 Å². The first kappa shape index (κ1) is 27.6. The minimum Gasteiger partial charge on any atom is -0.351 e. The molecule has 4 aromatic rings. The molecule has 0 bridgehead atoms. The van der Waals surface area contributed by atoms with Gasteiger partial charge in [-0.2, -0.15) is 0 Å². The maximum absolute atomic E-state index is 13.9. The van der Waals surface area contributed by atoms with Crippen LogP contribution in [0.1, 0.15) is 21.5 Å². The molecule has 0 saturated carbocycles. The van der Waals surface area contributed by atoms with Crippen LogP contribution in [0.25, 0.3) is 0 Å². The summed E-state index contributed by atoms with van der Waals surface area (Å²) in [5.41, 5.74) is 2.68. The van der Waals surface area contributed by atoms with Gasteiger partial charge in [-0.3, -0.25) is 4.79 Å². The first-order valence-electron chi connectivity index (χ1n) is 12.1. The number of carbonyl (C=O) groups excluding carboxylic acids is 1. The molecule has 9 heteroatoms. The van der Waals surface area contributed by atoms with E-state index in [9.17, 15) is 9.18 Å². The molecular formula is C29H29ClFN5OS. The smallest absolute Gasteiger partial charge is 0.255 e. The number of amides is 1. The molecule has 0 spiro atoms. The van der Waals surface area contributed by atoms with Crippen molar-refractivity contribution in [2.24, 2.45) is 0 Å². The first-order valence-corrected chi connectivity index (χ1v) is 13.5. The zero-order valence-corrected chi connectivity index (χ0v) is 22.8. The molecule has 0 aliphatic carbocycles. The van der Waals surface area contributed by atoms with Gasteiger partial charge in [0, 0.05) is 37.0 Å². The number of aromatic nitrogens is 2. The molecule has 1 amide bonds. The Hall–Kier alpha value is -3.46. The second-order valence-corrected chi connectivity index (χ2v) is 10.3. The summed E-state index contributed by atoms with van der Waals surface area (Å²) >= 11 is 7.85. The Kier molecular flexibility index (Phi) is 9.70. The normalized spacial score (nSPS) is 11.0. The lowest BCUT2D eigenvalue weighted by Crippen LogP contribution is -2.32. The number of hydrogen-bond acceptors (Lipinski definition) is 6. The Morgan fingerprint density at radius 2 is 1.66 bits per heavy atom. The molecule has 1 heterocycles. The average Bonchev–Trinajstić information content (AvgIpc) is 2.91. The van der Waals surface area contributed by atoms with E-state index in [1.54, 1.807) is 36.4 Å². The number of benzene rings is 3. The summed E-state index contributed by atoms with van der Waals surface area (Å²) in [5, 5.41) is 3.55. The number of nitrogens with one attached hydrogen (secondary N) is 1. The van der Waals surface area contributed by atoms with Gasteiger partial charge in [-0.15, -0.1) is 0 Å². The van der Waals surface area contributed by atoms with Crippen LogP contribution in [0.4, 0.5) is 15.9 Å². The first-order chi connectivity index (χ1) is 18.4. The lowest BCUT2D eigenvalue weighted by atomic mass is 10.1. The molecule has 0 fully saturated rings. The molecule has 1 N–H and O–H groups in total. The highest BCUT2D eigenvalue weighted by Crippen LogP contribution is 2.26. The second-order valence-electron chi connectivity index (χ2n) is 8.96. The molecule has 6 nitrogen and oxygen atoms in total. The summed E-state index contributed by atoms with van der Waals surface area (Å²) in [6.45, 7) is 2.34. The number of anilines is 2. The van der Waals surface area contributed by atoms with E-state index < -0.39 is 5.82 Å². The summed E-state index contributed by atoms with van der Waals surface area (Å²) in [6, 6.07) is 25.3. The second kappa shape index (κ2) is 13.4. The van der Waals surface area contributed by atoms with Crippen LogP contribution < -0.4 is 10.2 Å². The topological polar surface area (TPSA) is 61.4 Å². The quantitative estimate of drug-likeness (QED) is 0.133. The van der Waals surface area contributed by atoms with Crippen molar-refractivity contribution >= 4 is 40.8 Å². The van der Waals surface area contributed by atoms with E-state index in [2.05, 4.69) is 32.2 Å². The van der Waals surface area contributed by atoms with Crippen LogP contribution in [0, 0.1) is 5.82 Å². The maximum atomic E-state index is 13.9. The molecule has 0 atom stereocenters. The molecule has 0 saturated heterocycles. The molecular weight excluding hydrogens is 521 g/mol. The fourth-order valence-electron chi connectivity index (χ4n) is 3.72. The zero-order valence-electron chi connectivity index (χ0n) is 21.3. The van der Waals surface area contributed by atoms with E-state index in [0.717, 1.165) is 24.5 Å². The Balaban J connectivity index is 1.47. The van der Waals surface area contributed by atoms with Gasteiger partial charge in [0.1, 0.15) is 16.8 Å². The summed E-state index contributed by atoms with van der Waals surface area (Å²) in [5.74, 6) is 0.446. The van der Waals surface area contributed by atoms with Gasteiger partial charge in [-0.05, 0) is 49.5 Å². The van der Waals surface area contributed by atoms with Crippen molar-refractivity contribution in [3.8, 4) is 0 Å². The van der Waals surface area contributed by atoms with Crippen LogP contribution in [0.2, 0.25) is 5.15 Å². The maximum Gasteiger partial charge on any atom is 0.255 e. The molecule has 0 aliphatic heterocycles. The summed E-state index contributed by atoms with van der Waals surface area (Å²) < 4.78 is 13.9. The largest absolute Gasteiger partial charge is 0.351 e. The van der Waals surface area contributed by atoms with Crippen molar-refractivity contribution in [1.82, 2.24) is 14.9 Å². The zero-order chi connectivity index (χ0) is 26.9.